The second-order valence-corrected chi connectivity index (χ2v) is 6.81. The highest BCUT2D eigenvalue weighted by Gasteiger charge is 2.03. The molecular formula is C22H28N4O2. The number of ether oxygens (including phenoxy) is 1. The van der Waals surface area contributed by atoms with Gasteiger partial charge in [-0.15, -0.1) is 0 Å². The molecule has 2 amide bonds. The fraction of sp³-hybridized carbons (Fsp3) is 0.364. The number of urea groups is 1. The van der Waals surface area contributed by atoms with Gasteiger partial charge in [-0.25, -0.2) is 4.79 Å². The molecule has 0 saturated heterocycles. The third-order valence-electron chi connectivity index (χ3n) is 3.89. The molecule has 0 aliphatic heterocycles. The highest BCUT2D eigenvalue weighted by Crippen LogP contribution is 2.14. The summed E-state index contributed by atoms with van der Waals surface area (Å²) >= 11 is 0. The van der Waals surface area contributed by atoms with Gasteiger partial charge in [-0.2, -0.15) is 5.26 Å². The summed E-state index contributed by atoms with van der Waals surface area (Å²) in [5.74, 6) is 0.826. The van der Waals surface area contributed by atoms with Crippen LogP contribution in [0.4, 0.5) is 10.5 Å². The van der Waals surface area contributed by atoms with Gasteiger partial charge in [0.15, 0.2) is 0 Å². The molecule has 6 nitrogen and oxygen atoms in total. The van der Waals surface area contributed by atoms with Crippen molar-refractivity contribution < 1.29 is 9.53 Å². The Balaban J connectivity index is 1.75. The molecule has 2 aromatic rings. The number of carbonyl (C=O) groups is 1. The Morgan fingerprint density at radius 2 is 1.86 bits per heavy atom. The molecule has 0 aliphatic carbocycles. The summed E-state index contributed by atoms with van der Waals surface area (Å²) in [6.45, 7) is 5.86. The van der Waals surface area contributed by atoms with E-state index < -0.39 is 0 Å². The topological polar surface area (TPSA) is 86.2 Å². The zero-order chi connectivity index (χ0) is 20.2. The van der Waals surface area contributed by atoms with Gasteiger partial charge >= 0.3 is 6.03 Å². The standard InChI is InChI=1S/C22H28N4O2/c1-17(2)25-22(27)26-20-10-8-18(9-11-20)15-24-16-19-6-5-7-21(14-19)28-13-4-3-12-23/h5-11,14,17,24H,3-4,13,15-16H2,1-2H3,(H2,25,26,27). The molecule has 0 heterocycles. The van der Waals surface area contributed by atoms with Crippen LogP contribution in [0.2, 0.25) is 0 Å². The molecule has 2 aromatic carbocycles. The fourth-order valence-electron chi connectivity index (χ4n) is 2.57. The van der Waals surface area contributed by atoms with Gasteiger partial charge in [0.1, 0.15) is 5.75 Å². The molecule has 0 aromatic heterocycles. The number of carbonyl (C=O) groups excluding carboxylic acids is 1. The van der Waals surface area contributed by atoms with Crippen molar-refractivity contribution in [3.05, 3.63) is 59.7 Å². The average Bonchev–Trinajstić information content (AvgIpc) is 2.66. The number of nitriles is 1. The van der Waals surface area contributed by atoms with Gasteiger partial charge in [-0.05, 0) is 55.7 Å². The maximum Gasteiger partial charge on any atom is 0.319 e. The maximum atomic E-state index is 11.7. The second-order valence-electron chi connectivity index (χ2n) is 6.81. The number of rotatable bonds is 10. The predicted octanol–water partition coefficient (Wildman–Crippen LogP) is 4.19. The Morgan fingerprint density at radius 3 is 2.57 bits per heavy atom. The van der Waals surface area contributed by atoms with Crippen LogP contribution in [0.1, 0.15) is 37.8 Å². The van der Waals surface area contributed by atoms with Gasteiger partial charge < -0.3 is 20.7 Å². The number of nitrogens with zero attached hydrogens (tertiary/aromatic N) is 1. The smallest absolute Gasteiger partial charge is 0.319 e. The first-order chi connectivity index (χ1) is 13.6. The van der Waals surface area contributed by atoms with Gasteiger partial charge in [-0.3, -0.25) is 0 Å². The largest absolute Gasteiger partial charge is 0.494 e. The van der Waals surface area contributed by atoms with Crippen molar-refractivity contribution in [3.8, 4) is 11.8 Å². The van der Waals surface area contributed by atoms with E-state index in [-0.39, 0.29) is 12.1 Å². The summed E-state index contributed by atoms with van der Waals surface area (Å²) in [4.78, 5) is 11.7. The third-order valence-corrected chi connectivity index (χ3v) is 3.89. The van der Waals surface area contributed by atoms with E-state index in [1.807, 2.05) is 56.3 Å². The molecular weight excluding hydrogens is 352 g/mol. The van der Waals surface area contributed by atoms with E-state index in [1.165, 1.54) is 0 Å². The molecule has 0 fully saturated rings. The summed E-state index contributed by atoms with van der Waals surface area (Å²) in [6.07, 6.45) is 1.25. The zero-order valence-corrected chi connectivity index (χ0v) is 16.5. The van der Waals surface area contributed by atoms with Gasteiger partial charge in [0.2, 0.25) is 0 Å². The number of anilines is 1. The lowest BCUT2D eigenvalue weighted by Crippen LogP contribution is -2.34. The van der Waals surface area contributed by atoms with Gasteiger partial charge in [-0.1, -0.05) is 24.3 Å². The third kappa shape index (κ3) is 8.11. The summed E-state index contributed by atoms with van der Waals surface area (Å²) < 4.78 is 5.66. The number of unbranched alkanes of at least 4 members (excludes halogenated alkanes) is 1. The van der Waals surface area contributed by atoms with Crippen molar-refractivity contribution in [3.63, 3.8) is 0 Å². The maximum absolute atomic E-state index is 11.7. The molecule has 0 radical (unpaired) electrons. The van der Waals surface area contributed by atoms with Crippen LogP contribution in [0.5, 0.6) is 5.75 Å². The first-order valence-electron chi connectivity index (χ1n) is 9.52. The van der Waals surface area contributed by atoms with Gasteiger partial charge in [0.05, 0.1) is 12.7 Å². The first-order valence-corrected chi connectivity index (χ1v) is 9.52. The minimum Gasteiger partial charge on any atom is -0.494 e. The van der Waals surface area contributed by atoms with Crippen molar-refractivity contribution in [1.82, 2.24) is 10.6 Å². The lowest BCUT2D eigenvalue weighted by molar-refractivity contribution is 0.250. The minimum absolute atomic E-state index is 0.102. The van der Waals surface area contributed by atoms with Crippen molar-refractivity contribution in [2.24, 2.45) is 0 Å². The Hall–Kier alpha value is -3.04. The van der Waals surface area contributed by atoms with Crippen LogP contribution in [0, 0.1) is 11.3 Å². The zero-order valence-electron chi connectivity index (χ0n) is 16.5. The number of nitrogens with one attached hydrogen (secondary N) is 3. The van der Waals surface area contributed by atoms with E-state index in [0.29, 0.717) is 13.0 Å². The van der Waals surface area contributed by atoms with E-state index in [9.17, 15) is 4.79 Å². The molecule has 0 atom stereocenters. The van der Waals surface area contributed by atoms with Gasteiger partial charge in [0, 0.05) is 31.2 Å². The van der Waals surface area contributed by atoms with Crippen molar-refractivity contribution in [2.45, 2.75) is 45.8 Å². The van der Waals surface area contributed by atoms with Crippen LogP contribution in [-0.4, -0.2) is 18.7 Å². The second kappa shape index (κ2) is 11.6. The molecule has 3 N–H and O–H groups in total. The molecule has 148 valence electrons. The van der Waals surface area contributed by atoms with Crippen LogP contribution in [0.15, 0.2) is 48.5 Å². The van der Waals surface area contributed by atoms with Gasteiger partial charge in [0.25, 0.3) is 0 Å². The molecule has 0 unspecified atom stereocenters. The summed E-state index contributed by atoms with van der Waals surface area (Å²) in [5.41, 5.74) is 3.04. The van der Waals surface area contributed by atoms with Crippen LogP contribution in [0.3, 0.4) is 0 Å². The lowest BCUT2D eigenvalue weighted by atomic mass is 10.2. The highest BCUT2D eigenvalue weighted by molar-refractivity contribution is 5.89. The number of benzene rings is 2. The van der Waals surface area contributed by atoms with Crippen molar-refractivity contribution >= 4 is 11.7 Å². The number of amides is 2. The average molecular weight is 380 g/mol. The number of hydrogen-bond donors (Lipinski definition) is 3. The molecule has 0 aliphatic rings. The van der Waals surface area contributed by atoms with Crippen LogP contribution >= 0.6 is 0 Å². The Kier molecular flexibility index (Phi) is 8.83. The van der Waals surface area contributed by atoms with Crippen molar-refractivity contribution in [2.75, 3.05) is 11.9 Å². The Bertz CT molecular complexity index is 782. The van der Waals surface area contributed by atoms with E-state index >= 15 is 0 Å². The SMILES string of the molecule is CC(C)NC(=O)Nc1ccc(CNCc2cccc(OCCCC#N)c2)cc1. The highest BCUT2D eigenvalue weighted by atomic mass is 16.5. The fourth-order valence-corrected chi connectivity index (χ4v) is 2.57. The molecule has 0 saturated carbocycles. The molecule has 2 rings (SSSR count). The van der Waals surface area contributed by atoms with Crippen LogP contribution in [-0.2, 0) is 13.1 Å². The summed E-state index contributed by atoms with van der Waals surface area (Å²) in [5, 5.41) is 17.6. The quantitative estimate of drug-likeness (QED) is 0.540. The number of hydrogen-bond acceptors (Lipinski definition) is 4. The molecule has 28 heavy (non-hydrogen) atoms. The van der Waals surface area contributed by atoms with Crippen molar-refractivity contribution in [1.29, 1.82) is 5.26 Å². The van der Waals surface area contributed by atoms with E-state index in [0.717, 1.165) is 42.1 Å². The summed E-state index contributed by atoms with van der Waals surface area (Å²) in [6, 6.07) is 17.8. The first kappa shape index (κ1) is 21.3. The molecule has 6 heteroatoms. The van der Waals surface area contributed by atoms with Crippen LogP contribution in [0.25, 0.3) is 0 Å². The monoisotopic (exact) mass is 380 g/mol. The van der Waals surface area contributed by atoms with E-state index in [1.54, 1.807) is 0 Å². The minimum atomic E-state index is -0.199. The Labute approximate surface area is 166 Å². The van der Waals surface area contributed by atoms with E-state index in [2.05, 4.69) is 28.1 Å². The normalized spacial score (nSPS) is 10.4. The lowest BCUT2D eigenvalue weighted by Gasteiger charge is -2.11. The van der Waals surface area contributed by atoms with E-state index in [4.69, 9.17) is 10.00 Å². The predicted molar refractivity (Wildman–Crippen MR) is 111 cm³/mol. The summed E-state index contributed by atoms with van der Waals surface area (Å²) in [7, 11) is 0. The van der Waals surface area contributed by atoms with Crippen LogP contribution < -0.4 is 20.7 Å². The Morgan fingerprint density at radius 1 is 1.11 bits per heavy atom. The molecule has 0 bridgehead atoms. The molecule has 0 spiro atoms.